The molecule has 34 heavy (non-hydrogen) atoms. The quantitative estimate of drug-likeness (QED) is 0.388. The largest absolute Gasteiger partial charge is 0.497 e. The van der Waals surface area contributed by atoms with E-state index in [4.69, 9.17) is 14.5 Å². The second-order valence-corrected chi connectivity index (χ2v) is 9.44. The van der Waals surface area contributed by atoms with E-state index in [1.54, 1.807) is 32.4 Å². The monoisotopic (exact) mass is 467 g/mol. The third kappa shape index (κ3) is 5.03. The highest BCUT2D eigenvalue weighted by atomic mass is 19.1. The maximum atomic E-state index is 14.0. The van der Waals surface area contributed by atoms with Gasteiger partial charge in [-0.3, -0.25) is 4.79 Å². The Hall–Kier alpha value is -3.09. The van der Waals surface area contributed by atoms with E-state index in [1.807, 2.05) is 11.0 Å². The first-order valence-electron chi connectivity index (χ1n) is 12.1. The van der Waals surface area contributed by atoms with E-state index < -0.39 is 0 Å². The number of ether oxygens (including phenoxy) is 2. The minimum absolute atomic E-state index is 0.132. The van der Waals surface area contributed by atoms with Crippen LogP contribution < -0.4 is 9.47 Å². The molecular formula is C27H34FN3O3. The minimum atomic E-state index is -0.302. The fraction of sp³-hybridized carbons (Fsp3) is 0.481. The molecule has 0 bridgehead atoms. The van der Waals surface area contributed by atoms with Crippen molar-refractivity contribution in [3.05, 3.63) is 53.6 Å². The van der Waals surface area contributed by atoms with Crippen LogP contribution in [0.1, 0.15) is 68.2 Å². The standard InChI is InChI=1S/C27H34FN3O3/c1-18(2)13-14-30(27(32)22-16-21(33-3)10-12-25(22)34-4)17-26-29-23-15-19(28)9-11-24(23)31(26)20-7-5-6-8-20/h9-12,15-16,18,20H,5-8,13-14,17H2,1-4H3. The summed E-state index contributed by atoms with van der Waals surface area (Å²) in [6.45, 7) is 5.22. The van der Waals surface area contributed by atoms with Crippen LogP contribution in [-0.4, -0.2) is 41.1 Å². The van der Waals surface area contributed by atoms with Gasteiger partial charge in [0.1, 0.15) is 23.1 Å². The fourth-order valence-electron chi connectivity index (χ4n) is 4.79. The van der Waals surface area contributed by atoms with Crippen LogP contribution in [0.25, 0.3) is 11.0 Å². The van der Waals surface area contributed by atoms with Crippen molar-refractivity contribution in [1.82, 2.24) is 14.5 Å². The normalized spacial score (nSPS) is 14.2. The highest BCUT2D eigenvalue weighted by Gasteiger charge is 2.27. The lowest BCUT2D eigenvalue weighted by Gasteiger charge is -2.26. The van der Waals surface area contributed by atoms with Crippen LogP contribution in [0.4, 0.5) is 4.39 Å². The molecule has 0 aliphatic heterocycles. The molecule has 1 fully saturated rings. The van der Waals surface area contributed by atoms with Crippen LogP contribution in [0, 0.1) is 11.7 Å². The van der Waals surface area contributed by atoms with Gasteiger partial charge in [0, 0.05) is 18.7 Å². The molecule has 0 radical (unpaired) electrons. The van der Waals surface area contributed by atoms with Gasteiger partial charge in [-0.2, -0.15) is 0 Å². The molecule has 0 unspecified atom stereocenters. The summed E-state index contributed by atoms with van der Waals surface area (Å²) in [7, 11) is 3.14. The number of carbonyl (C=O) groups excluding carboxylic acids is 1. The van der Waals surface area contributed by atoms with Crippen molar-refractivity contribution in [2.75, 3.05) is 20.8 Å². The van der Waals surface area contributed by atoms with Crippen molar-refractivity contribution in [3.8, 4) is 11.5 Å². The highest BCUT2D eigenvalue weighted by molar-refractivity contribution is 5.97. The third-order valence-corrected chi connectivity index (χ3v) is 6.65. The molecule has 1 aliphatic rings. The van der Waals surface area contributed by atoms with Gasteiger partial charge < -0.3 is 18.9 Å². The average Bonchev–Trinajstić information content (AvgIpc) is 3.47. The molecule has 1 aliphatic carbocycles. The first kappa shape index (κ1) is 24.0. The molecular weight excluding hydrogens is 433 g/mol. The van der Waals surface area contributed by atoms with Gasteiger partial charge in [0.05, 0.1) is 37.4 Å². The van der Waals surface area contributed by atoms with Crippen LogP contribution in [0.5, 0.6) is 11.5 Å². The summed E-state index contributed by atoms with van der Waals surface area (Å²) in [6, 6.07) is 10.4. The number of amides is 1. The van der Waals surface area contributed by atoms with Gasteiger partial charge in [0.2, 0.25) is 0 Å². The number of nitrogens with zero attached hydrogens (tertiary/aromatic N) is 3. The molecule has 4 rings (SSSR count). The Kier molecular flexibility index (Phi) is 7.39. The number of benzene rings is 2. The Morgan fingerprint density at radius 1 is 1.15 bits per heavy atom. The Morgan fingerprint density at radius 2 is 1.91 bits per heavy atom. The Labute approximate surface area is 200 Å². The van der Waals surface area contributed by atoms with E-state index in [0.717, 1.165) is 30.6 Å². The maximum Gasteiger partial charge on any atom is 0.258 e. The second-order valence-electron chi connectivity index (χ2n) is 9.44. The molecule has 6 nitrogen and oxygen atoms in total. The molecule has 1 amide bonds. The number of carbonyl (C=O) groups is 1. The first-order chi connectivity index (χ1) is 16.4. The van der Waals surface area contributed by atoms with Crippen molar-refractivity contribution in [2.45, 2.75) is 58.5 Å². The predicted octanol–water partition coefficient (Wildman–Crippen LogP) is 6.00. The topological polar surface area (TPSA) is 56.6 Å². The van der Waals surface area contributed by atoms with E-state index in [9.17, 15) is 9.18 Å². The van der Waals surface area contributed by atoms with Gasteiger partial charge in [-0.05, 0) is 55.5 Å². The number of fused-ring (bicyclic) bond motifs is 1. The van der Waals surface area contributed by atoms with E-state index in [0.29, 0.717) is 47.6 Å². The number of methoxy groups -OCH3 is 2. The van der Waals surface area contributed by atoms with Crippen LogP contribution in [0.3, 0.4) is 0 Å². The van der Waals surface area contributed by atoms with E-state index in [-0.39, 0.29) is 11.7 Å². The molecule has 0 N–H and O–H groups in total. The van der Waals surface area contributed by atoms with Gasteiger partial charge in [-0.15, -0.1) is 0 Å². The van der Waals surface area contributed by atoms with Gasteiger partial charge in [-0.1, -0.05) is 26.7 Å². The van der Waals surface area contributed by atoms with E-state index in [2.05, 4.69) is 18.4 Å². The fourth-order valence-corrected chi connectivity index (χ4v) is 4.79. The zero-order chi connectivity index (χ0) is 24.2. The summed E-state index contributed by atoms with van der Waals surface area (Å²) in [4.78, 5) is 20.4. The highest BCUT2D eigenvalue weighted by Crippen LogP contribution is 2.35. The van der Waals surface area contributed by atoms with Gasteiger partial charge >= 0.3 is 0 Å². The molecule has 182 valence electrons. The minimum Gasteiger partial charge on any atom is -0.497 e. The molecule has 0 saturated heterocycles. The summed E-state index contributed by atoms with van der Waals surface area (Å²) in [5, 5.41) is 0. The Balaban J connectivity index is 1.74. The Morgan fingerprint density at radius 3 is 2.59 bits per heavy atom. The van der Waals surface area contributed by atoms with Gasteiger partial charge in [0.15, 0.2) is 0 Å². The molecule has 1 heterocycles. The smallest absolute Gasteiger partial charge is 0.258 e. The SMILES string of the molecule is COc1ccc(OC)c(C(=O)N(CCC(C)C)Cc2nc3cc(F)ccc3n2C2CCCC2)c1. The Bertz CT molecular complexity index is 1150. The number of hydrogen-bond donors (Lipinski definition) is 0. The number of hydrogen-bond acceptors (Lipinski definition) is 4. The summed E-state index contributed by atoms with van der Waals surface area (Å²) < 4.78 is 27.1. The summed E-state index contributed by atoms with van der Waals surface area (Å²) >= 11 is 0. The molecule has 0 spiro atoms. The van der Waals surface area contributed by atoms with E-state index >= 15 is 0 Å². The molecule has 0 atom stereocenters. The lowest BCUT2D eigenvalue weighted by atomic mass is 10.1. The third-order valence-electron chi connectivity index (χ3n) is 6.65. The van der Waals surface area contributed by atoms with Crippen LogP contribution in [-0.2, 0) is 6.54 Å². The summed E-state index contributed by atoms with van der Waals surface area (Å²) in [5.74, 6) is 1.90. The number of halogens is 1. The predicted molar refractivity (Wildman–Crippen MR) is 131 cm³/mol. The van der Waals surface area contributed by atoms with Crippen molar-refractivity contribution in [3.63, 3.8) is 0 Å². The zero-order valence-corrected chi connectivity index (χ0v) is 20.5. The lowest BCUT2D eigenvalue weighted by Crippen LogP contribution is -2.34. The lowest BCUT2D eigenvalue weighted by molar-refractivity contribution is 0.0724. The van der Waals surface area contributed by atoms with Crippen LogP contribution in [0.2, 0.25) is 0 Å². The van der Waals surface area contributed by atoms with Crippen molar-refractivity contribution >= 4 is 16.9 Å². The van der Waals surface area contributed by atoms with Crippen molar-refractivity contribution in [2.24, 2.45) is 5.92 Å². The number of rotatable bonds is 9. The maximum absolute atomic E-state index is 14.0. The summed E-state index contributed by atoms with van der Waals surface area (Å²) in [5.41, 5.74) is 2.02. The van der Waals surface area contributed by atoms with Gasteiger partial charge in [-0.25, -0.2) is 9.37 Å². The van der Waals surface area contributed by atoms with Crippen molar-refractivity contribution in [1.29, 1.82) is 0 Å². The molecule has 2 aromatic carbocycles. The first-order valence-corrected chi connectivity index (χ1v) is 12.1. The molecule has 1 aromatic heterocycles. The van der Waals surface area contributed by atoms with Crippen LogP contribution in [0.15, 0.2) is 36.4 Å². The average molecular weight is 468 g/mol. The molecule has 3 aromatic rings. The second kappa shape index (κ2) is 10.5. The van der Waals surface area contributed by atoms with Gasteiger partial charge in [0.25, 0.3) is 5.91 Å². The molecule has 1 saturated carbocycles. The molecule has 7 heteroatoms. The zero-order valence-electron chi connectivity index (χ0n) is 20.5. The summed E-state index contributed by atoms with van der Waals surface area (Å²) in [6.07, 6.45) is 5.33. The number of imidazole rings is 1. The van der Waals surface area contributed by atoms with E-state index in [1.165, 1.54) is 25.0 Å². The van der Waals surface area contributed by atoms with Crippen molar-refractivity contribution < 1.29 is 18.7 Å². The van der Waals surface area contributed by atoms with Crippen LogP contribution >= 0.6 is 0 Å². The number of aromatic nitrogens is 2.